The van der Waals surface area contributed by atoms with Gasteiger partial charge in [-0.1, -0.05) is 120 Å². The van der Waals surface area contributed by atoms with Crippen molar-refractivity contribution in [2.24, 2.45) is 0 Å². The van der Waals surface area contributed by atoms with Crippen LogP contribution in [0.3, 0.4) is 0 Å². The number of unbranched alkanes of at least 4 members (excludes halogenated alkanes) is 11. The monoisotopic (exact) mass is 452 g/mol. The van der Waals surface area contributed by atoms with Gasteiger partial charge in [-0.15, -0.1) is 0 Å². The second-order valence-corrected chi connectivity index (χ2v) is 10.4. The fourth-order valence-electron chi connectivity index (χ4n) is 4.49. The number of likely N-dealkylation sites (N-methyl/N-ethyl adjacent to an activating group) is 1. The van der Waals surface area contributed by atoms with E-state index in [1.165, 1.54) is 94.6 Å². The Bertz CT molecular complexity index is 707. The van der Waals surface area contributed by atoms with Gasteiger partial charge in [0.25, 0.3) is 0 Å². The number of ether oxygens (including phenoxy) is 1. The summed E-state index contributed by atoms with van der Waals surface area (Å²) in [5.41, 5.74) is 2.82. The minimum Gasteiger partial charge on any atom is -0.488 e. The molecule has 0 bridgehead atoms. The number of quaternary nitrogens is 1. The molecule has 0 radical (unpaired) electrons. The van der Waals surface area contributed by atoms with Crippen molar-refractivity contribution < 1.29 is 9.22 Å². The summed E-state index contributed by atoms with van der Waals surface area (Å²) in [6.45, 7) is 5.06. The maximum atomic E-state index is 6.04. The van der Waals surface area contributed by atoms with Crippen LogP contribution in [0.15, 0.2) is 54.6 Å². The van der Waals surface area contributed by atoms with E-state index in [1.54, 1.807) is 0 Å². The van der Waals surface area contributed by atoms with Gasteiger partial charge in [0, 0.05) is 5.56 Å². The summed E-state index contributed by atoms with van der Waals surface area (Å²) in [5.74, 6) is 0.994. The number of benzene rings is 2. The van der Waals surface area contributed by atoms with Crippen LogP contribution in [0.4, 0.5) is 0 Å². The van der Waals surface area contributed by atoms with Crippen molar-refractivity contribution in [1.29, 1.82) is 0 Å². The van der Waals surface area contributed by atoms with Crippen LogP contribution in [0.2, 0.25) is 0 Å². The van der Waals surface area contributed by atoms with E-state index in [1.807, 2.05) is 0 Å². The first-order chi connectivity index (χ1) is 16.1. The van der Waals surface area contributed by atoms with E-state index in [4.69, 9.17) is 4.74 Å². The Kier molecular flexibility index (Phi) is 13.9. The first kappa shape index (κ1) is 27.4. The molecule has 0 heterocycles. The summed E-state index contributed by atoms with van der Waals surface area (Å²) in [4.78, 5) is 0. The van der Waals surface area contributed by atoms with Crippen molar-refractivity contribution >= 4 is 0 Å². The van der Waals surface area contributed by atoms with Gasteiger partial charge in [0.15, 0.2) is 0 Å². The van der Waals surface area contributed by atoms with E-state index in [2.05, 4.69) is 75.6 Å². The first-order valence-corrected chi connectivity index (χ1v) is 13.7. The van der Waals surface area contributed by atoms with Crippen LogP contribution >= 0.6 is 0 Å². The van der Waals surface area contributed by atoms with Gasteiger partial charge in [-0.05, 0) is 30.5 Å². The molecule has 184 valence electrons. The number of aryl methyl sites for hydroxylation is 1. The molecule has 0 aliphatic carbocycles. The minimum absolute atomic E-state index is 0.748. The van der Waals surface area contributed by atoms with Crippen molar-refractivity contribution in [3.63, 3.8) is 0 Å². The van der Waals surface area contributed by atoms with Crippen molar-refractivity contribution in [2.45, 2.75) is 96.9 Å². The van der Waals surface area contributed by atoms with Crippen LogP contribution < -0.4 is 4.74 Å². The van der Waals surface area contributed by atoms with Crippen molar-refractivity contribution in [2.75, 3.05) is 27.2 Å². The minimum atomic E-state index is 0.748. The highest BCUT2D eigenvalue weighted by molar-refractivity contribution is 5.27. The van der Waals surface area contributed by atoms with E-state index >= 15 is 0 Å². The molecular formula is C31H50NO+. The lowest BCUT2D eigenvalue weighted by Gasteiger charge is -2.29. The first-order valence-electron chi connectivity index (χ1n) is 13.7. The predicted octanol–water partition coefficient (Wildman–Crippen LogP) is 8.59. The van der Waals surface area contributed by atoms with Crippen molar-refractivity contribution in [3.8, 4) is 5.75 Å². The van der Waals surface area contributed by atoms with Crippen molar-refractivity contribution in [3.05, 3.63) is 65.7 Å². The molecule has 0 N–H and O–H groups in total. The van der Waals surface area contributed by atoms with Crippen LogP contribution in [0.1, 0.15) is 95.1 Å². The maximum Gasteiger partial charge on any atom is 0.137 e. The van der Waals surface area contributed by atoms with Crippen molar-refractivity contribution in [1.82, 2.24) is 0 Å². The Balaban J connectivity index is 1.49. The van der Waals surface area contributed by atoms with E-state index in [0.717, 1.165) is 29.9 Å². The molecule has 0 aliphatic heterocycles. The molecular weight excluding hydrogens is 402 g/mol. The van der Waals surface area contributed by atoms with E-state index in [-0.39, 0.29) is 0 Å². The highest BCUT2D eigenvalue weighted by atomic mass is 16.5. The second kappa shape index (κ2) is 16.8. The Morgan fingerprint density at radius 3 is 1.73 bits per heavy atom. The summed E-state index contributed by atoms with van der Waals surface area (Å²) < 4.78 is 6.97. The Morgan fingerprint density at radius 1 is 0.606 bits per heavy atom. The molecule has 33 heavy (non-hydrogen) atoms. The highest BCUT2D eigenvalue weighted by Gasteiger charge is 2.15. The number of hydrogen-bond acceptors (Lipinski definition) is 1. The third kappa shape index (κ3) is 13.5. The lowest BCUT2D eigenvalue weighted by Crippen LogP contribution is -2.41. The highest BCUT2D eigenvalue weighted by Crippen LogP contribution is 2.17. The largest absolute Gasteiger partial charge is 0.488 e. The van der Waals surface area contributed by atoms with Crippen LogP contribution in [0.5, 0.6) is 5.75 Å². The van der Waals surface area contributed by atoms with Gasteiger partial charge in [0.2, 0.25) is 0 Å². The summed E-state index contributed by atoms with van der Waals surface area (Å²) in [5, 5.41) is 0. The normalized spacial score (nSPS) is 11.6. The van der Waals surface area contributed by atoms with Crippen LogP contribution in [-0.4, -0.2) is 31.7 Å². The predicted molar refractivity (Wildman–Crippen MR) is 144 cm³/mol. The van der Waals surface area contributed by atoms with E-state index in [0.29, 0.717) is 0 Å². The SMILES string of the molecule is CCCCCCCCCCCCCCc1ccc(OCC[N+](C)(C)Cc2ccccc2)cc1. The summed E-state index contributed by atoms with van der Waals surface area (Å²) in [7, 11) is 4.54. The van der Waals surface area contributed by atoms with Crippen LogP contribution in [0.25, 0.3) is 0 Å². The molecule has 2 aromatic carbocycles. The zero-order valence-corrected chi connectivity index (χ0v) is 21.9. The molecule has 2 heteroatoms. The molecule has 2 rings (SSSR count). The van der Waals surface area contributed by atoms with Gasteiger partial charge in [-0.25, -0.2) is 0 Å². The van der Waals surface area contributed by atoms with E-state index < -0.39 is 0 Å². The van der Waals surface area contributed by atoms with Gasteiger partial charge < -0.3 is 9.22 Å². The molecule has 0 saturated heterocycles. The molecule has 0 aliphatic rings. The maximum absolute atomic E-state index is 6.04. The molecule has 0 atom stereocenters. The fraction of sp³-hybridized carbons (Fsp3) is 0.613. The molecule has 0 unspecified atom stereocenters. The number of rotatable bonds is 19. The Morgan fingerprint density at radius 2 is 1.15 bits per heavy atom. The lowest BCUT2D eigenvalue weighted by atomic mass is 10.0. The second-order valence-electron chi connectivity index (χ2n) is 10.4. The van der Waals surface area contributed by atoms with Gasteiger partial charge in [0.05, 0.1) is 14.1 Å². The van der Waals surface area contributed by atoms with Crippen LogP contribution in [-0.2, 0) is 13.0 Å². The summed E-state index contributed by atoms with van der Waals surface area (Å²) in [6.07, 6.45) is 18.1. The Labute approximate surface area is 205 Å². The Hall–Kier alpha value is -1.80. The average Bonchev–Trinajstić information content (AvgIpc) is 2.81. The zero-order valence-electron chi connectivity index (χ0n) is 21.9. The number of nitrogens with zero attached hydrogens (tertiary/aromatic N) is 1. The third-order valence-electron chi connectivity index (χ3n) is 6.66. The van der Waals surface area contributed by atoms with Gasteiger partial charge >= 0.3 is 0 Å². The van der Waals surface area contributed by atoms with Gasteiger partial charge in [0.1, 0.15) is 25.4 Å². The molecule has 0 amide bonds. The fourth-order valence-corrected chi connectivity index (χ4v) is 4.49. The quantitative estimate of drug-likeness (QED) is 0.153. The summed E-state index contributed by atoms with van der Waals surface area (Å²) >= 11 is 0. The van der Waals surface area contributed by atoms with Crippen LogP contribution in [0, 0.1) is 0 Å². The molecule has 0 spiro atoms. The molecule has 0 aromatic heterocycles. The third-order valence-corrected chi connectivity index (χ3v) is 6.66. The molecule has 0 fully saturated rings. The number of hydrogen-bond donors (Lipinski definition) is 0. The average molecular weight is 453 g/mol. The van der Waals surface area contributed by atoms with E-state index in [9.17, 15) is 0 Å². The summed E-state index contributed by atoms with van der Waals surface area (Å²) in [6, 6.07) is 19.5. The smallest absolute Gasteiger partial charge is 0.137 e. The van der Waals surface area contributed by atoms with Gasteiger partial charge in [-0.2, -0.15) is 0 Å². The molecule has 2 nitrogen and oxygen atoms in total. The van der Waals surface area contributed by atoms with Gasteiger partial charge in [-0.3, -0.25) is 0 Å². The standard InChI is InChI=1S/C31H50NO/c1-4-5-6-7-8-9-10-11-12-13-14-16-19-29-22-24-31(25-23-29)33-27-26-32(2,3)28-30-20-17-15-18-21-30/h15,17-18,20-25H,4-14,16,19,26-28H2,1-3H3/q+1. The zero-order chi connectivity index (χ0) is 23.6. The molecule has 0 saturated carbocycles. The lowest BCUT2D eigenvalue weighted by molar-refractivity contribution is -0.903. The molecule has 2 aromatic rings. The topological polar surface area (TPSA) is 9.23 Å².